The van der Waals surface area contributed by atoms with Crippen molar-refractivity contribution in [3.05, 3.63) is 134 Å². The minimum Gasteiger partial charge on any atom is -0.418 e. The quantitative estimate of drug-likeness (QED) is 0.130. The Balaban J connectivity index is 0.000000372. The van der Waals surface area contributed by atoms with Gasteiger partial charge in [-0.05, 0) is 72.8 Å². The SMILES string of the molecule is F[B-](F)(F)F.F[B-](F)(F)F.F[B-](F)(F)F.[Pd].c1ccc(-c2cccc(-c3ccccn3)n2)nc1.c1ccc(-c2cccc(-c3ccccn3)n2)nc1. The number of rotatable bonds is 4. The van der Waals surface area contributed by atoms with E-state index in [2.05, 4.69) is 29.9 Å². The molecule has 0 aliphatic heterocycles. The molecule has 0 bridgehead atoms. The molecule has 22 heteroatoms. The predicted octanol–water partition coefficient (Wildman–Crippen LogP) is 10.3. The van der Waals surface area contributed by atoms with Gasteiger partial charge in [0.2, 0.25) is 0 Å². The molecule has 0 saturated heterocycles. The molecular weight excluding hydrogens is 811 g/mol. The number of pyridine rings is 6. The summed E-state index contributed by atoms with van der Waals surface area (Å²) in [5, 5.41) is 0. The molecule has 6 heterocycles. The third kappa shape index (κ3) is 21.9. The van der Waals surface area contributed by atoms with Gasteiger partial charge in [0.1, 0.15) is 0 Å². The second-order valence-corrected chi connectivity index (χ2v) is 9.16. The molecule has 0 radical (unpaired) electrons. The summed E-state index contributed by atoms with van der Waals surface area (Å²) in [6.45, 7) is 0. The summed E-state index contributed by atoms with van der Waals surface area (Å²) in [4.78, 5) is 26.4. The van der Waals surface area contributed by atoms with E-state index < -0.39 is 21.8 Å². The molecule has 6 nitrogen and oxygen atoms in total. The van der Waals surface area contributed by atoms with E-state index in [0.717, 1.165) is 45.6 Å². The van der Waals surface area contributed by atoms with Gasteiger partial charge in [-0.15, -0.1) is 0 Å². The minimum atomic E-state index is -6.00. The number of nitrogens with zero attached hydrogens (tertiary/aromatic N) is 6. The first kappa shape index (κ1) is 44.9. The average Bonchev–Trinajstić information content (AvgIpc) is 3.08. The summed E-state index contributed by atoms with van der Waals surface area (Å²) in [5.74, 6) is 0. The van der Waals surface area contributed by atoms with Crippen LogP contribution < -0.4 is 0 Å². The van der Waals surface area contributed by atoms with Gasteiger partial charge in [-0.2, -0.15) is 0 Å². The molecule has 278 valence electrons. The maximum atomic E-state index is 9.75. The van der Waals surface area contributed by atoms with Crippen molar-refractivity contribution in [2.75, 3.05) is 0 Å². The van der Waals surface area contributed by atoms with Crippen molar-refractivity contribution in [1.29, 1.82) is 0 Å². The fourth-order valence-corrected chi connectivity index (χ4v) is 3.50. The van der Waals surface area contributed by atoms with Crippen LogP contribution in [0.25, 0.3) is 45.6 Å². The third-order valence-electron chi connectivity index (χ3n) is 5.21. The van der Waals surface area contributed by atoms with E-state index in [0.29, 0.717) is 0 Å². The second kappa shape index (κ2) is 22.0. The van der Waals surface area contributed by atoms with Crippen LogP contribution in [0.15, 0.2) is 134 Å². The van der Waals surface area contributed by atoms with Crippen LogP contribution in [-0.2, 0) is 20.4 Å². The van der Waals surface area contributed by atoms with Gasteiger partial charge in [0.05, 0.1) is 45.6 Å². The molecule has 0 spiro atoms. The Hall–Kier alpha value is -5.08. The smallest absolute Gasteiger partial charge is 0.418 e. The maximum absolute atomic E-state index is 9.75. The molecule has 0 amide bonds. The molecule has 6 aromatic heterocycles. The van der Waals surface area contributed by atoms with Gasteiger partial charge in [-0.3, -0.25) is 19.9 Å². The first-order valence-electron chi connectivity index (χ1n) is 14.1. The molecule has 0 fully saturated rings. The molecule has 0 unspecified atom stereocenters. The summed E-state index contributed by atoms with van der Waals surface area (Å²) < 4.78 is 117. The Morgan fingerprint density at radius 1 is 0.269 bits per heavy atom. The zero-order chi connectivity index (χ0) is 37.9. The Labute approximate surface area is 302 Å². The number of halogens is 12. The fourth-order valence-electron chi connectivity index (χ4n) is 3.50. The molecule has 0 aromatic carbocycles. The van der Waals surface area contributed by atoms with Crippen LogP contribution in [0.1, 0.15) is 0 Å². The monoisotopic (exact) mass is 833 g/mol. The van der Waals surface area contributed by atoms with Crippen molar-refractivity contribution in [1.82, 2.24) is 29.9 Å². The second-order valence-electron chi connectivity index (χ2n) is 9.16. The fraction of sp³-hybridized carbons (Fsp3) is 0. The molecule has 0 atom stereocenters. The standard InChI is InChI=1S/2C15H11N3.3BF4.Pd/c2*1-3-10-16-12(6-1)14-8-5-9-15(18-14)13-7-2-4-11-17-13;3*2-1(3,4)5;/h2*1-11H;;;;/q;;3*-1;. The molecule has 6 aromatic rings. The van der Waals surface area contributed by atoms with Crippen molar-refractivity contribution in [3.8, 4) is 45.6 Å². The van der Waals surface area contributed by atoms with Crippen LogP contribution in [0, 0.1) is 0 Å². The summed E-state index contributed by atoms with van der Waals surface area (Å²) >= 11 is 0. The van der Waals surface area contributed by atoms with E-state index in [9.17, 15) is 51.8 Å². The molecule has 0 aliphatic carbocycles. The van der Waals surface area contributed by atoms with E-state index in [-0.39, 0.29) is 20.4 Å². The Bertz CT molecular complexity index is 1570. The molecule has 0 saturated carbocycles. The van der Waals surface area contributed by atoms with Gasteiger partial charge in [0.25, 0.3) is 0 Å². The molecule has 52 heavy (non-hydrogen) atoms. The van der Waals surface area contributed by atoms with Crippen molar-refractivity contribution in [2.45, 2.75) is 0 Å². The predicted molar refractivity (Wildman–Crippen MR) is 172 cm³/mol. The average molecular weight is 833 g/mol. The number of aromatic nitrogens is 6. The van der Waals surface area contributed by atoms with Gasteiger partial charge in [0.15, 0.2) is 0 Å². The van der Waals surface area contributed by atoms with Crippen LogP contribution in [-0.4, -0.2) is 51.7 Å². The van der Waals surface area contributed by atoms with Gasteiger partial charge in [-0.25, -0.2) is 9.97 Å². The largest absolute Gasteiger partial charge is 0.673 e. The van der Waals surface area contributed by atoms with Crippen LogP contribution >= 0.6 is 0 Å². The van der Waals surface area contributed by atoms with Crippen molar-refractivity contribution in [3.63, 3.8) is 0 Å². The topological polar surface area (TPSA) is 77.3 Å². The van der Waals surface area contributed by atoms with Crippen molar-refractivity contribution in [2.24, 2.45) is 0 Å². The number of hydrogen-bond acceptors (Lipinski definition) is 6. The molecular formula is C30H22B3F12N6Pd-3. The Kier molecular flexibility index (Phi) is 19.0. The Morgan fingerprint density at radius 3 is 0.596 bits per heavy atom. The van der Waals surface area contributed by atoms with Crippen molar-refractivity contribution < 1.29 is 72.2 Å². The minimum absolute atomic E-state index is 0. The van der Waals surface area contributed by atoms with Crippen LogP contribution in [0.5, 0.6) is 0 Å². The van der Waals surface area contributed by atoms with E-state index in [1.165, 1.54) is 0 Å². The number of hydrogen-bond donors (Lipinski definition) is 0. The van der Waals surface area contributed by atoms with Gasteiger partial charge < -0.3 is 51.8 Å². The Morgan fingerprint density at radius 2 is 0.442 bits per heavy atom. The van der Waals surface area contributed by atoms with Crippen LogP contribution in [0.2, 0.25) is 0 Å². The van der Waals surface area contributed by atoms with Crippen molar-refractivity contribution >= 4 is 21.8 Å². The summed E-state index contributed by atoms with van der Waals surface area (Å²) in [7, 11) is -18.0. The van der Waals surface area contributed by atoms with Gasteiger partial charge in [0, 0.05) is 45.2 Å². The van der Waals surface area contributed by atoms with Crippen LogP contribution in [0.4, 0.5) is 51.8 Å². The molecule has 0 aliphatic rings. The van der Waals surface area contributed by atoms with E-state index >= 15 is 0 Å². The zero-order valence-corrected chi connectivity index (χ0v) is 27.5. The summed E-state index contributed by atoms with van der Waals surface area (Å²) in [6.07, 6.45) is 7.07. The maximum Gasteiger partial charge on any atom is 0.673 e. The molecule has 0 N–H and O–H groups in total. The summed E-state index contributed by atoms with van der Waals surface area (Å²) in [5.41, 5.74) is 6.92. The van der Waals surface area contributed by atoms with Crippen LogP contribution in [0.3, 0.4) is 0 Å². The third-order valence-corrected chi connectivity index (χ3v) is 5.21. The normalized spacial score (nSPS) is 10.5. The van der Waals surface area contributed by atoms with Gasteiger partial charge >= 0.3 is 21.8 Å². The first-order valence-corrected chi connectivity index (χ1v) is 14.1. The van der Waals surface area contributed by atoms with Gasteiger partial charge in [-0.1, -0.05) is 36.4 Å². The summed E-state index contributed by atoms with van der Waals surface area (Å²) in [6, 6.07) is 35.0. The van der Waals surface area contributed by atoms with E-state index in [4.69, 9.17) is 0 Å². The first-order chi connectivity index (χ1) is 23.9. The van der Waals surface area contributed by atoms with E-state index in [1.54, 1.807) is 24.8 Å². The van der Waals surface area contributed by atoms with E-state index in [1.807, 2.05) is 109 Å². The molecule has 6 rings (SSSR count). The zero-order valence-electron chi connectivity index (χ0n) is 26.0.